The van der Waals surface area contributed by atoms with Gasteiger partial charge in [-0.1, -0.05) is 182 Å². The molecule has 3 heteroatoms. The molecule has 70 heavy (non-hydrogen) atoms. The van der Waals surface area contributed by atoms with Crippen LogP contribution >= 0.6 is 0 Å². The summed E-state index contributed by atoms with van der Waals surface area (Å²) in [4.78, 5) is 2.51. The topological polar surface area (TPSA) is 21.3 Å². The highest BCUT2D eigenvalue weighted by molar-refractivity contribution is 6.16. The highest BCUT2D eigenvalue weighted by atomic mass is 16.3. The van der Waals surface area contributed by atoms with E-state index in [2.05, 4.69) is 264 Å². The Morgan fingerprint density at radius 3 is 1.60 bits per heavy atom. The summed E-state index contributed by atoms with van der Waals surface area (Å²) in [7, 11) is 0. The van der Waals surface area contributed by atoms with Crippen LogP contribution in [0.2, 0.25) is 0 Å². The van der Waals surface area contributed by atoms with Crippen LogP contribution in [-0.2, 0) is 5.41 Å². The average molecular weight is 891 g/mol. The standard InChI is InChI=1S/C67H42N2O/c1-3-17-43(18-4-1)44-33-37-48(38-34-44)69(62-31-15-25-53-51-23-9-13-28-58(51)67(66(53)62)56-26-11-7-21-49(56)50-22-8-12-27-57(50)67)61-30-16-32-64-65(61)55-42-46(36-40-63(55)70-64)45-35-39-60-54(41-45)52-24-10-14-29-59(52)68(60)47-19-5-2-6-20-47/h1-42H. The number of rotatable bonds is 6. The second-order valence-electron chi connectivity index (χ2n) is 18.7. The number of para-hydroxylation sites is 2. The van der Waals surface area contributed by atoms with Crippen molar-refractivity contribution in [1.29, 1.82) is 0 Å². The first-order valence-corrected chi connectivity index (χ1v) is 24.2. The van der Waals surface area contributed by atoms with E-state index in [0.717, 1.165) is 55.8 Å². The van der Waals surface area contributed by atoms with Gasteiger partial charge < -0.3 is 13.9 Å². The molecule has 0 amide bonds. The van der Waals surface area contributed by atoms with Gasteiger partial charge in [-0.2, -0.15) is 0 Å². The van der Waals surface area contributed by atoms with Crippen molar-refractivity contribution in [1.82, 2.24) is 4.57 Å². The Morgan fingerprint density at radius 1 is 0.343 bits per heavy atom. The predicted molar refractivity (Wildman–Crippen MR) is 290 cm³/mol. The summed E-state index contributed by atoms with van der Waals surface area (Å²) in [5.74, 6) is 0. The molecule has 1 spiro atoms. The fourth-order valence-electron chi connectivity index (χ4n) is 12.3. The Kier molecular flexibility index (Phi) is 8.28. The molecule has 0 saturated heterocycles. The summed E-state index contributed by atoms with van der Waals surface area (Å²) in [6.45, 7) is 0. The summed E-state index contributed by atoms with van der Waals surface area (Å²) in [6, 6.07) is 93.5. The number of anilines is 3. The van der Waals surface area contributed by atoms with Crippen molar-refractivity contribution in [2.24, 2.45) is 0 Å². The quantitative estimate of drug-likeness (QED) is 0.166. The monoisotopic (exact) mass is 890 g/mol. The van der Waals surface area contributed by atoms with Gasteiger partial charge in [-0.15, -0.1) is 0 Å². The molecule has 2 heterocycles. The van der Waals surface area contributed by atoms with Crippen molar-refractivity contribution in [3.05, 3.63) is 277 Å². The molecule has 326 valence electrons. The van der Waals surface area contributed by atoms with Gasteiger partial charge in [0.15, 0.2) is 0 Å². The van der Waals surface area contributed by atoms with Gasteiger partial charge in [0.05, 0.1) is 33.2 Å². The Morgan fingerprint density at radius 2 is 0.871 bits per heavy atom. The van der Waals surface area contributed by atoms with Crippen LogP contribution in [0.25, 0.3) is 93.9 Å². The van der Waals surface area contributed by atoms with Crippen molar-refractivity contribution in [2.75, 3.05) is 4.90 Å². The maximum Gasteiger partial charge on any atom is 0.137 e. The molecule has 0 unspecified atom stereocenters. The molecular formula is C67H42N2O. The van der Waals surface area contributed by atoms with Crippen LogP contribution in [0, 0.1) is 0 Å². The number of fused-ring (bicyclic) bond motifs is 16. The van der Waals surface area contributed by atoms with Gasteiger partial charge in [0.1, 0.15) is 11.2 Å². The molecule has 15 rings (SSSR count). The molecule has 0 aliphatic heterocycles. The maximum absolute atomic E-state index is 6.86. The van der Waals surface area contributed by atoms with E-state index in [1.54, 1.807) is 0 Å². The van der Waals surface area contributed by atoms with Gasteiger partial charge in [0.2, 0.25) is 0 Å². The first-order valence-electron chi connectivity index (χ1n) is 24.2. The second-order valence-corrected chi connectivity index (χ2v) is 18.7. The lowest BCUT2D eigenvalue weighted by atomic mass is 9.70. The van der Waals surface area contributed by atoms with Crippen LogP contribution in [-0.4, -0.2) is 4.57 Å². The minimum atomic E-state index is -0.556. The molecule has 2 aliphatic carbocycles. The molecule has 0 bridgehead atoms. The van der Waals surface area contributed by atoms with Crippen molar-refractivity contribution in [2.45, 2.75) is 5.41 Å². The molecule has 0 saturated carbocycles. The smallest absolute Gasteiger partial charge is 0.137 e. The van der Waals surface area contributed by atoms with E-state index in [-0.39, 0.29) is 0 Å². The molecule has 3 nitrogen and oxygen atoms in total. The summed E-state index contributed by atoms with van der Waals surface area (Å²) in [5.41, 5.74) is 22.9. The molecule has 2 aromatic heterocycles. The molecule has 13 aromatic rings. The Balaban J connectivity index is 0.982. The number of hydrogen-bond acceptors (Lipinski definition) is 2. The molecule has 0 atom stereocenters. The van der Waals surface area contributed by atoms with Gasteiger partial charge in [0, 0.05) is 33.1 Å². The van der Waals surface area contributed by atoms with E-state index in [9.17, 15) is 0 Å². The normalized spacial score (nSPS) is 13.0. The van der Waals surface area contributed by atoms with Crippen molar-refractivity contribution in [3.8, 4) is 50.2 Å². The molecule has 11 aromatic carbocycles. The van der Waals surface area contributed by atoms with Crippen LogP contribution in [0.5, 0.6) is 0 Å². The zero-order valence-corrected chi connectivity index (χ0v) is 38.1. The van der Waals surface area contributed by atoms with E-state index >= 15 is 0 Å². The number of hydrogen-bond donors (Lipinski definition) is 0. The Labute approximate surface area is 405 Å². The Hall–Kier alpha value is -9.18. The van der Waals surface area contributed by atoms with E-state index in [0.29, 0.717) is 0 Å². The van der Waals surface area contributed by atoms with Gasteiger partial charge in [-0.3, -0.25) is 0 Å². The number of nitrogens with zero attached hydrogens (tertiary/aromatic N) is 2. The van der Waals surface area contributed by atoms with E-state index in [4.69, 9.17) is 4.42 Å². The molecule has 0 radical (unpaired) electrons. The number of benzene rings is 11. The van der Waals surface area contributed by atoms with Crippen molar-refractivity contribution in [3.63, 3.8) is 0 Å². The lowest BCUT2D eigenvalue weighted by Gasteiger charge is -2.36. The zero-order chi connectivity index (χ0) is 45.9. The third kappa shape index (κ3) is 5.40. The van der Waals surface area contributed by atoms with E-state index < -0.39 is 5.41 Å². The molecule has 0 fully saturated rings. The number of furan rings is 1. The van der Waals surface area contributed by atoms with Crippen LogP contribution in [0.1, 0.15) is 22.3 Å². The predicted octanol–water partition coefficient (Wildman–Crippen LogP) is 17.8. The van der Waals surface area contributed by atoms with Crippen LogP contribution in [0.3, 0.4) is 0 Å². The zero-order valence-electron chi connectivity index (χ0n) is 38.1. The van der Waals surface area contributed by atoms with Crippen LogP contribution in [0.15, 0.2) is 259 Å². The maximum atomic E-state index is 6.86. The number of aromatic nitrogens is 1. The van der Waals surface area contributed by atoms with Gasteiger partial charge in [-0.25, -0.2) is 0 Å². The first-order chi connectivity index (χ1) is 34.7. The highest BCUT2D eigenvalue weighted by Crippen LogP contribution is 2.65. The average Bonchev–Trinajstić information content (AvgIpc) is 4.16. The third-order valence-corrected chi connectivity index (χ3v) is 15.2. The minimum Gasteiger partial charge on any atom is -0.456 e. The molecular weight excluding hydrogens is 849 g/mol. The van der Waals surface area contributed by atoms with E-state index in [1.807, 2.05) is 0 Å². The summed E-state index contributed by atoms with van der Waals surface area (Å²) < 4.78 is 9.24. The van der Waals surface area contributed by atoms with Gasteiger partial charge in [0.25, 0.3) is 0 Å². The van der Waals surface area contributed by atoms with Crippen LogP contribution < -0.4 is 4.90 Å². The summed E-state index contributed by atoms with van der Waals surface area (Å²) >= 11 is 0. The Bertz CT molecular complexity index is 4170. The highest BCUT2D eigenvalue weighted by Gasteiger charge is 2.53. The van der Waals surface area contributed by atoms with Crippen molar-refractivity contribution < 1.29 is 4.42 Å². The van der Waals surface area contributed by atoms with Crippen molar-refractivity contribution >= 4 is 60.8 Å². The fraction of sp³-hybridized carbons (Fsp3) is 0.0149. The van der Waals surface area contributed by atoms with Crippen LogP contribution in [0.4, 0.5) is 17.1 Å². The third-order valence-electron chi connectivity index (χ3n) is 15.2. The molecule has 0 N–H and O–H groups in total. The van der Waals surface area contributed by atoms with E-state index in [1.165, 1.54) is 77.4 Å². The SMILES string of the molecule is c1ccc(-c2ccc(N(c3cccc4c3C3(c5ccccc5-c5ccccc53)c3ccccc3-4)c3cccc4oc5ccc(-c6ccc7c(c6)c6ccccc6n7-c6ccccc6)cc5c34)cc2)cc1. The van der Waals surface area contributed by atoms with Gasteiger partial charge >= 0.3 is 0 Å². The lowest BCUT2D eigenvalue weighted by molar-refractivity contribution is 0.669. The second kappa shape index (κ2) is 14.9. The summed E-state index contributed by atoms with van der Waals surface area (Å²) in [6.07, 6.45) is 0. The molecule has 2 aliphatic rings. The minimum absolute atomic E-state index is 0.556. The largest absolute Gasteiger partial charge is 0.456 e. The lowest BCUT2D eigenvalue weighted by Crippen LogP contribution is -2.28. The summed E-state index contributed by atoms with van der Waals surface area (Å²) in [5, 5.41) is 4.60. The first kappa shape index (κ1) is 38.9. The van der Waals surface area contributed by atoms with Gasteiger partial charge in [-0.05, 0) is 134 Å². The fourth-order valence-corrected chi connectivity index (χ4v) is 12.3.